The van der Waals surface area contributed by atoms with Crippen molar-refractivity contribution in [3.63, 3.8) is 0 Å². The maximum atomic E-state index is 9.68. The summed E-state index contributed by atoms with van der Waals surface area (Å²) in [5.41, 5.74) is 4.39. The molecule has 146 valence electrons. The van der Waals surface area contributed by atoms with Crippen LogP contribution in [0.2, 0.25) is 0 Å². The predicted molar refractivity (Wildman–Crippen MR) is 110 cm³/mol. The Morgan fingerprint density at radius 3 is 1.21 bits per heavy atom. The average molecular weight is 378 g/mol. The van der Waals surface area contributed by atoms with Gasteiger partial charge in [-0.2, -0.15) is 0 Å². The van der Waals surface area contributed by atoms with Crippen LogP contribution in [-0.2, 0) is 12.8 Å². The van der Waals surface area contributed by atoms with Crippen molar-refractivity contribution in [2.45, 2.75) is 38.5 Å². The molecule has 4 heteroatoms. The quantitative estimate of drug-likeness (QED) is 0.444. The van der Waals surface area contributed by atoms with E-state index >= 15 is 0 Å². The van der Waals surface area contributed by atoms with Crippen LogP contribution in [0.4, 0.5) is 0 Å². The van der Waals surface area contributed by atoms with E-state index in [2.05, 4.69) is 38.1 Å². The highest BCUT2D eigenvalue weighted by Gasteiger charge is 2.12. The second kappa shape index (κ2) is 8.26. The minimum atomic E-state index is -0.101. The van der Waals surface area contributed by atoms with Gasteiger partial charge in [0.05, 0.1) is 0 Å². The Kier molecular flexibility index (Phi) is 5.78. The zero-order valence-electron chi connectivity index (χ0n) is 16.1. The Hall–Kier alpha value is -3.14. The lowest BCUT2D eigenvalue weighted by Crippen LogP contribution is -2.01. The summed E-state index contributed by atoms with van der Waals surface area (Å²) in [5, 5.41) is 38.3. The Bertz CT molecular complexity index is 869. The molecule has 28 heavy (non-hydrogen) atoms. The first-order chi connectivity index (χ1) is 13.3. The summed E-state index contributed by atoms with van der Waals surface area (Å²) >= 11 is 0. The fourth-order valence-electron chi connectivity index (χ4n) is 3.45. The van der Waals surface area contributed by atoms with Crippen molar-refractivity contribution in [1.82, 2.24) is 0 Å². The van der Waals surface area contributed by atoms with Gasteiger partial charge in [-0.25, -0.2) is 0 Å². The third-order valence-corrected chi connectivity index (χ3v) is 5.24. The highest BCUT2D eigenvalue weighted by molar-refractivity contribution is 5.43. The van der Waals surface area contributed by atoms with Gasteiger partial charge in [0.1, 0.15) is 0 Å². The molecule has 4 N–H and O–H groups in total. The molecule has 0 saturated carbocycles. The highest BCUT2D eigenvalue weighted by atomic mass is 16.3. The predicted octanol–water partition coefficient (Wildman–Crippen LogP) is 5.20. The minimum absolute atomic E-state index is 0.0889. The summed E-state index contributed by atoms with van der Waals surface area (Å²) in [7, 11) is 0. The first kappa shape index (κ1) is 19.6. The largest absolute Gasteiger partial charge is 0.504 e. The minimum Gasteiger partial charge on any atom is -0.504 e. The number of hydrogen-bond acceptors (Lipinski definition) is 4. The van der Waals surface area contributed by atoms with Gasteiger partial charge in [0.2, 0.25) is 0 Å². The van der Waals surface area contributed by atoms with Gasteiger partial charge in [-0.3, -0.25) is 0 Å². The van der Waals surface area contributed by atoms with Gasteiger partial charge in [-0.1, -0.05) is 50.2 Å². The van der Waals surface area contributed by atoms with Crippen LogP contribution in [0.15, 0.2) is 60.7 Å². The third kappa shape index (κ3) is 4.58. The molecule has 0 aliphatic carbocycles. The van der Waals surface area contributed by atoms with Crippen LogP contribution in [0.5, 0.6) is 23.0 Å². The lowest BCUT2D eigenvalue weighted by molar-refractivity contribution is 0.402. The van der Waals surface area contributed by atoms with Crippen LogP contribution < -0.4 is 0 Å². The van der Waals surface area contributed by atoms with Gasteiger partial charge in [0.25, 0.3) is 0 Å². The molecule has 3 rings (SSSR count). The van der Waals surface area contributed by atoms with Crippen molar-refractivity contribution >= 4 is 0 Å². The molecule has 0 aromatic heterocycles. The second-order valence-corrected chi connectivity index (χ2v) is 7.52. The lowest BCUT2D eigenvalue weighted by atomic mass is 9.91. The van der Waals surface area contributed by atoms with E-state index in [1.807, 2.05) is 12.1 Å². The van der Waals surface area contributed by atoms with Gasteiger partial charge in [-0.15, -0.1) is 0 Å². The van der Waals surface area contributed by atoms with Gasteiger partial charge < -0.3 is 20.4 Å². The molecule has 2 atom stereocenters. The van der Waals surface area contributed by atoms with Crippen LogP contribution in [0.1, 0.15) is 47.9 Å². The molecule has 0 amide bonds. The molecule has 0 fully saturated rings. The van der Waals surface area contributed by atoms with E-state index in [0.717, 1.165) is 24.0 Å². The number of hydrogen-bond donors (Lipinski definition) is 4. The first-order valence-electron chi connectivity index (χ1n) is 9.45. The monoisotopic (exact) mass is 378 g/mol. The van der Waals surface area contributed by atoms with E-state index in [1.165, 1.54) is 23.3 Å². The van der Waals surface area contributed by atoms with Crippen LogP contribution in [0.25, 0.3) is 0 Å². The molecular weight excluding hydrogens is 352 g/mol. The van der Waals surface area contributed by atoms with Crippen LogP contribution in [-0.4, -0.2) is 20.4 Å². The van der Waals surface area contributed by atoms with Crippen molar-refractivity contribution in [3.05, 3.63) is 82.9 Å². The Labute approximate surface area is 165 Å². The standard InChI is InChI=1S/C24H26O4/c1-15(19-7-9-21(25)23(27)13-19)11-17-3-5-18(6-4-17)12-16(2)20-8-10-22(26)24(28)14-20/h3-10,13-16,25-28H,11-12H2,1-2H3. The van der Waals surface area contributed by atoms with Crippen LogP contribution >= 0.6 is 0 Å². The zero-order chi connectivity index (χ0) is 20.3. The van der Waals surface area contributed by atoms with Gasteiger partial charge in [-0.05, 0) is 71.2 Å². The van der Waals surface area contributed by atoms with Gasteiger partial charge >= 0.3 is 0 Å². The van der Waals surface area contributed by atoms with E-state index in [0.29, 0.717) is 0 Å². The van der Waals surface area contributed by atoms with E-state index < -0.39 is 0 Å². The molecular formula is C24H26O4. The molecule has 0 aliphatic heterocycles. The van der Waals surface area contributed by atoms with Gasteiger partial charge in [0, 0.05) is 0 Å². The Morgan fingerprint density at radius 1 is 0.536 bits per heavy atom. The summed E-state index contributed by atoms with van der Waals surface area (Å²) in [6, 6.07) is 18.4. The maximum Gasteiger partial charge on any atom is 0.157 e. The van der Waals surface area contributed by atoms with Crippen molar-refractivity contribution in [2.24, 2.45) is 0 Å². The molecule has 0 radical (unpaired) electrons. The second-order valence-electron chi connectivity index (χ2n) is 7.52. The topological polar surface area (TPSA) is 80.9 Å². The van der Waals surface area contributed by atoms with Crippen LogP contribution in [0, 0.1) is 0 Å². The molecule has 3 aromatic rings. The summed E-state index contributed by atoms with van der Waals surface area (Å²) in [6.45, 7) is 4.19. The van der Waals surface area contributed by atoms with Gasteiger partial charge in [0.15, 0.2) is 23.0 Å². The summed E-state index contributed by atoms with van der Waals surface area (Å²) in [6.07, 6.45) is 1.68. The lowest BCUT2D eigenvalue weighted by Gasteiger charge is -2.15. The van der Waals surface area contributed by atoms with Crippen molar-refractivity contribution in [2.75, 3.05) is 0 Å². The number of phenols is 4. The van der Waals surface area contributed by atoms with E-state index in [4.69, 9.17) is 0 Å². The normalized spacial score (nSPS) is 13.2. The summed E-state index contributed by atoms with van der Waals surface area (Å²) < 4.78 is 0. The molecule has 0 spiro atoms. The zero-order valence-corrected chi connectivity index (χ0v) is 16.1. The van der Waals surface area contributed by atoms with E-state index in [1.54, 1.807) is 12.1 Å². The fourth-order valence-corrected chi connectivity index (χ4v) is 3.45. The van der Waals surface area contributed by atoms with Crippen LogP contribution in [0.3, 0.4) is 0 Å². The first-order valence-corrected chi connectivity index (χ1v) is 9.45. The molecule has 0 heterocycles. The number of phenolic OH excluding ortho intramolecular Hbond substituents is 4. The van der Waals surface area contributed by atoms with Crippen molar-refractivity contribution in [3.8, 4) is 23.0 Å². The molecule has 3 aromatic carbocycles. The molecule has 4 nitrogen and oxygen atoms in total. The molecule has 0 bridgehead atoms. The van der Waals surface area contributed by atoms with Crippen molar-refractivity contribution in [1.29, 1.82) is 0 Å². The Morgan fingerprint density at radius 2 is 0.893 bits per heavy atom. The smallest absolute Gasteiger partial charge is 0.157 e. The van der Waals surface area contributed by atoms with E-state index in [9.17, 15) is 20.4 Å². The maximum absolute atomic E-state index is 9.68. The summed E-state index contributed by atoms with van der Waals surface area (Å²) in [5.74, 6) is 0.0585. The number of aromatic hydroxyl groups is 4. The molecule has 0 saturated heterocycles. The third-order valence-electron chi connectivity index (χ3n) is 5.24. The SMILES string of the molecule is CC(Cc1ccc(CC(C)c2ccc(O)c(O)c2)cc1)c1ccc(O)c(O)c1. The highest BCUT2D eigenvalue weighted by Crippen LogP contribution is 2.31. The molecule has 0 aliphatic rings. The summed E-state index contributed by atoms with van der Waals surface area (Å²) in [4.78, 5) is 0. The average Bonchev–Trinajstić information content (AvgIpc) is 2.67. The Balaban J connectivity index is 1.64. The molecule has 2 unspecified atom stereocenters. The van der Waals surface area contributed by atoms with E-state index in [-0.39, 0.29) is 34.8 Å². The fraction of sp³-hybridized carbons (Fsp3) is 0.250. The number of rotatable bonds is 6. The van der Waals surface area contributed by atoms with Crippen molar-refractivity contribution < 1.29 is 20.4 Å². The number of benzene rings is 3.